The minimum Gasteiger partial charge on any atom is -0.368 e. The average Bonchev–Trinajstić information content (AvgIpc) is 1.25. The normalized spacial score (nSPS) is 8.00. The van der Waals surface area contributed by atoms with Crippen molar-refractivity contribution in [1.82, 2.24) is 0 Å². The Kier molecular flexibility index (Phi) is 20.1. The van der Waals surface area contributed by atoms with E-state index in [1.54, 1.807) is 0 Å². The molecule has 0 aromatic rings. The maximum atomic E-state index is 7.61. The van der Waals surface area contributed by atoms with Crippen LogP contribution in [0.25, 0.3) is 0 Å². The molecule has 0 aromatic heterocycles. The molecule has 0 aliphatic carbocycles. The van der Waals surface area contributed by atoms with Gasteiger partial charge in [0.25, 0.3) is 0 Å². The van der Waals surface area contributed by atoms with Crippen molar-refractivity contribution < 1.29 is 37.5 Å². The first-order valence-corrected chi connectivity index (χ1v) is 2.19. The van der Waals surface area contributed by atoms with Crippen LogP contribution in [0.4, 0.5) is 0 Å². The standard InChI is InChI=1S/2C2H6O2.Fe/c2*1-2(3)4;/h2*2-4H,1H3;. The van der Waals surface area contributed by atoms with Crippen LogP contribution in [0, 0.1) is 0 Å². The topological polar surface area (TPSA) is 80.9 Å². The summed E-state index contributed by atoms with van der Waals surface area (Å²) in [5, 5.41) is 30.4. The van der Waals surface area contributed by atoms with Crippen LogP contribution in [0.2, 0.25) is 0 Å². The van der Waals surface area contributed by atoms with Crippen LogP contribution in [0.1, 0.15) is 13.8 Å². The van der Waals surface area contributed by atoms with Crippen molar-refractivity contribution in [2.45, 2.75) is 26.4 Å². The van der Waals surface area contributed by atoms with E-state index in [4.69, 9.17) is 20.4 Å². The van der Waals surface area contributed by atoms with Gasteiger partial charge in [0.1, 0.15) is 12.6 Å². The summed E-state index contributed by atoms with van der Waals surface area (Å²) in [4.78, 5) is 0. The second-order valence-corrected chi connectivity index (χ2v) is 1.26. The Morgan fingerprint density at radius 3 is 0.778 bits per heavy atom. The molecule has 0 unspecified atom stereocenters. The average molecular weight is 180 g/mol. The molecule has 4 N–H and O–H groups in total. The molecule has 0 atom stereocenters. The van der Waals surface area contributed by atoms with E-state index in [1.807, 2.05) is 0 Å². The molecule has 9 heavy (non-hydrogen) atoms. The van der Waals surface area contributed by atoms with E-state index in [1.165, 1.54) is 13.8 Å². The summed E-state index contributed by atoms with van der Waals surface area (Å²) in [5.41, 5.74) is 0. The van der Waals surface area contributed by atoms with Crippen molar-refractivity contribution in [2.75, 3.05) is 0 Å². The van der Waals surface area contributed by atoms with E-state index in [9.17, 15) is 0 Å². The molecule has 0 radical (unpaired) electrons. The van der Waals surface area contributed by atoms with Gasteiger partial charge in [0.15, 0.2) is 0 Å². The van der Waals surface area contributed by atoms with Crippen molar-refractivity contribution in [3.63, 3.8) is 0 Å². The molecule has 5 heteroatoms. The van der Waals surface area contributed by atoms with Crippen molar-refractivity contribution in [1.29, 1.82) is 0 Å². The van der Waals surface area contributed by atoms with Crippen molar-refractivity contribution >= 4 is 0 Å². The van der Waals surface area contributed by atoms with Crippen molar-refractivity contribution in [2.24, 2.45) is 0 Å². The summed E-state index contributed by atoms with van der Waals surface area (Å²) >= 11 is 0. The first-order chi connectivity index (χ1) is 3.46. The maximum Gasteiger partial charge on any atom is 0.148 e. The molecule has 0 saturated heterocycles. The number of aliphatic hydroxyl groups excluding tert-OH is 2. The molecule has 60 valence electrons. The number of aliphatic hydroxyl groups is 4. The molecule has 0 aliphatic rings. The molecule has 4 nitrogen and oxygen atoms in total. The molecule has 0 fully saturated rings. The van der Waals surface area contributed by atoms with Crippen LogP contribution in [0.5, 0.6) is 0 Å². The van der Waals surface area contributed by atoms with Gasteiger partial charge in [-0.15, -0.1) is 0 Å². The number of rotatable bonds is 0. The third kappa shape index (κ3) is 2620. The Hall–Kier alpha value is 0.359. The van der Waals surface area contributed by atoms with Gasteiger partial charge in [-0.2, -0.15) is 0 Å². The first kappa shape index (κ1) is 16.2. The van der Waals surface area contributed by atoms with Crippen LogP contribution in [0.3, 0.4) is 0 Å². The van der Waals surface area contributed by atoms with Gasteiger partial charge in [-0.1, -0.05) is 0 Å². The van der Waals surface area contributed by atoms with Crippen molar-refractivity contribution in [3.8, 4) is 0 Å². The fourth-order valence-electron chi connectivity index (χ4n) is 0. The van der Waals surface area contributed by atoms with Crippen LogP contribution in [-0.4, -0.2) is 33.0 Å². The van der Waals surface area contributed by atoms with E-state index >= 15 is 0 Å². The fourth-order valence-corrected chi connectivity index (χ4v) is 0. The van der Waals surface area contributed by atoms with Gasteiger partial charge in [0.05, 0.1) is 0 Å². The van der Waals surface area contributed by atoms with Gasteiger partial charge in [-0.05, 0) is 13.8 Å². The Balaban J connectivity index is -0.0000000720. The molecule has 0 saturated carbocycles. The maximum absolute atomic E-state index is 7.61. The third-order valence-corrected chi connectivity index (χ3v) is 0. The monoisotopic (exact) mass is 180 g/mol. The Labute approximate surface area is 64.6 Å². The number of hydrogen-bond donors (Lipinski definition) is 4. The summed E-state index contributed by atoms with van der Waals surface area (Å²) in [7, 11) is 0. The first-order valence-electron chi connectivity index (χ1n) is 2.19. The largest absolute Gasteiger partial charge is 0.368 e. The minimum atomic E-state index is -1.17. The molecule has 0 rings (SSSR count). The molecule has 0 aromatic carbocycles. The third-order valence-electron chi connectivity index (χ3n) is 0. The van der Waals surface area contributed by atoms with Crippen LogP contribution >= 0.6 is 0 Å². The summed E-state index contributed by atoms with van der Waals surface area (Å²) in [6, 6.07) is 0. The Morgan fingerprint density at radius 2 is 0.778 bits per heavy atom. The predicted molar refractivity (Wildman–Crippen MR) is 27.8 cm³/mol. The Morgan fingerprint density at radius 1 is 0.778 bits per heavy atom. The second kappa shape index (κ2) is 11.2. The van der Waals surface area contributed by atoms with Gasteiger partial charge >= 0.3 is 0 Å². The van der Waals surface area contributed by atoms with Crippen LogP contribution in [0.15, 0.2) is 0 Å². The van der Waals surface area contributed by atoms with Crippen molar-refractivity contribution in [3.05, 3.63) is 0 Å². The smallest absolute Gasteiger partial charge is 0.148 e. The Bertz CT molecular complexity index is 28.0. The molecule has 0 heterocycles. The van der Waals surface area contributed by atoms with Gasteiger partial charge in [0.2, 0.25) is 0 Å². The zero-order valence-corrected chi connectivity index (χ0v) is 6.40. The van der Waals surface area contributed by atoms with Gasteiger partial charge in [-0.25, -0.2) is 0 Å². The minimum absolute atomic E-state index is 0. The molecule has 0 bridgehead atoms. The summed E-state index contributed by atoms with van der Waals surface area (Å²) < 4.78 is 0. The van der Waals surface area contributed by atoms with E-state index in [2.05, 4.69) is 0 Å². The van der Waals surface area contributed by atoms with Gasteiger partial charge in [-0.3, -0.25) is 0 Å². The van der Waals surface area contributed by atoms with Gasteiger partial charge in [0, 0.05) is 17.1 Å². The summed E-state index contributed by atoms with van der Waals surface area (Å²) in [5.74, 6) is 0. The SMILES string of the molecule is CC(O)O.CC(O)O.[Fe]. The number of hydrogen-bond acceptors (Lipinski definition) is 4. The zero-order chi connectivity index (χ0) is 7.15. The fraction of sp³-hybridized carbons (Fsp3) is 1.00. The van der Waals surface area contributed by atoms with Crippen LogP contribution in [-0.2, 0) is 17.1 Å². The van der Waals surface area contributed by atoms with E-state index in [0.29, 0.717) is 0 Å². The molecule has 0 aliphatic heterocycles. The molecular formula is C4H12FeO4. The molecular weight excluding hydrogens is 168 g/mol. The summed E-state index contributed by atoms with van der Waals surface area (Å²) in [6.45, 7) is 2.56. The predicted octanol–water partition coefficient (Wildman–Crippen LogP) is -1.37. The second-order valence-electron chi connectivity index (χ2n) is 1.26. The molecule has 0 amide bonds. The zero-order valence-electron chi connectivity index (χ0n) is 5.30. The molecule has 0 spiro atoms. The quantitative estimate of drug-likeness (QED) is 0.274. The van der Waals surface area contributed by atoms with E-state index in [0.717, 1.165) is 0 Å². The van der Waals surface area contributed by atoms with Crippen LogP contribution < -0.4 is 0 Å². The van der Waals surface area contributed by atoms with E-state index in [-0.39, 0.29) is 17.1 Å². The van der Waals surface area contributed by atoms with E-state index < -0.39 is 12.6 Å². The summed E-state index contributed by atoms with van der Waals surface area (Å²) in [6.07, 6.45) is -2.33. The van der Waals surface area contributed by atoms with Gasteiger partial charge < -0.3 is 20.4 Å².